The molecule has 60 valence electrons. The van der Waals surface area contributed by atoms with Crippen LogP contribution in [0.25, 0.3) is 0 Å². The Morgan fingerprint density at radius 2 is 2.36 bits per heavy atom. The average molecular weight is 236 g/mol. The van der Waals surface area contributed by atoms with Crippen LogP contribution in [0, 0.1) is 0 Å². The standard InChI is InChI=1S/C7H7BrClNO/c1-2-11-6-4-10-3-5(8)7(6)9/h3-4H,2H2,1H3. The molecule has 0 aliphatic heterocycles. The second kappa shape index (κ2) is 3.93. The van der Waals surface area contributed by atoms with Crippen molar-refractivity contribution in [2.45, 2.75) is 6.92 Å². The van der Waals surface area contributed by atoms with Crippen LogP contribution in [0.2, 0.25) is 5.02 Å². The van der Waals surface area contributed by atoms with E-state index in [0.717, 1.165) is 4.47 Å². The first-order chi connectivity index (χ1) is 5.25. The summed E-state index contributed by atoms with van der Waals surface area (Å²) in [5, 5.41) is 0.571. The molecule has 0 aliphatic carbocycles. The predicted molar refractivity (Wildman–Crippen MR) is 48.1 cm³/mol. The molecular weight excluding hydrogens is 229 g/mol. The van der Waals surface area contributed by atoms with Gasteiger partial charge in [0, 0.05) is 6.20 Å². The number of hydrogen-bond acceptors (Lipinski definition) is 2. The number of rotatable bonds is 2. The molecular formula is C7H7BrClNO. The van der Waals surface area contributed by atoms with Crippen molar-refractivity contribution < 1.29 is 4.74 Å². The number of halogens is 2. The van der Waals surface area contributed by atoms with E-state index in [-0.39, 0.29) is 0 Å². The molecule has 11 heavy (non-hydrogen) atoms. The molecule has 4 heteroatoms. The molecule has 0 atom stereocenters. The Bertz CT molecular complexity index is 254. The van der Waals surface area contributed by atoms with E-state index < -0.39 is 0 Å². The molecule has 1 aromatic rings. The molecule has 0 aliphatic rings. The third kappa shape index (κ3) is 2.07. The lowest BCUT2D eigenvalue weighted by atomic mass is 10.4. The zero-order valence-corrected chi connectivity index (χ0v) is 8.32. The van der Waals surface area contributed by atoms with Crippen molar-refractivity contribution in [2.75, 3.05) is 6.61 Å². The van der Waals surface area contributed by atoms with E-state index in [9.17, 15) is 0 Å². The molecule has 1 heterocycles. The zero-order chi connectivity index (χ0) is 8.27. The van der Waals surface area contributed by atoms with Crippen molar-refractivity contribution in [3.05, 3.63) is 21.9 Å². The normalized spacial score (nSPS) is 9.73. The van der Waals surface area contributed by atoms with Gasteiger partial charge in [0.25, 0.3) is 0 Å². The van der Waals surface area contributed by atoms with Crippen LogP contribution < -0.4 is 4.74 Å². The quantitative estimate of drug-likeness (QED) is 0.788. The Labute approximate surface area is 78.7 Å². The second-order valence-electron chi connectivity index (χ2n) is 1.87. The van der Waals surface area contributed by atoms with E-state index >= 15 is 0 Å². The van der Waals surface area contributed by atoms with Crippen molar-refractivity contribution in [1.82, 2.24) is 4.98 Å². The zero-order valence-electron chi connectivity index (χ0n) is 5.97. The van der Waals surface area contributed by atoms with Gasteiger partial charge in [0.1, 0.15) is 0 Å². The molecule has 0 aromatic carbocycles. The Hall–Kier alpha value is -0.280. The third-order valence-corrected chi connectivity index (χ3v) is 2.32. The maximum absolute atomic E-state index is 5.86. The Balaban J connectivity index is 2.96. The van der Waals surface area contributed by atoms with Gasteiger partial charge in [0.05, 0.1) is 22.3 Å². The Morgan fingerprint density at radius 1 is 1.64 bits per heavy atom. The SMILES string of the molecule is CCOc1cncc(Br)c1Cl. The van der Waals surface area contributed by atoms with Crippen molar-refractivity contribution in [3.8, 4) is 5.75 Å². The molecule has 0 N–H and O–H groups in total. The Kier molecular flexibility index (Phi) is 3.15. The summed E-state index contributed by atoms with van der Waals surface area (Å²) in [6.45, 7) is 2.50. The first kappa shape index (κ1) is 8.81. The lowest BCUT2D eigenvalue weighted by molar-refractivity contribution is 0.339. The summed E-state index contributed by atoms with van der Waals surface area (Å²) in [7, 11) is 0. The number of aromatic nitrogens is 1. The molecule has 1 rings (SSSR count). The van der Waals surface area contributed by atoms with Gasteiger partial charge in [-0.3, -0.25) is 4.98 Å². The highest BCUT2D eigenvalue weighted by Crippen LogP contribution is 2.30. The number of ether oxygens (including phenoxy) is 1. The van der Waals surface area contributed by atoms with Gasteiger partial charge in [-0.05, 0) is 22.9 Å². The number of pyridine rings is 1. The van der Waals surface area contributed by atoms with E-state index in [1.54, 1.807) is 12.4 Å². The fourth-order valence-electron chi connectivity index (χ4n) is 0.658. The fourth-order valence-corrected chi connectivity index (χ4v) is 1.12. The predicted octanol–water partition coefficient (Wildman–Crippen LogP) is 2.90. The number of hydrogen-bond donors (Lipinski definition) is 0. The molecule has 2 nitrogen and oxygen atoms in total. The topological polar surface area (TPSA) is 22.1 Å². The summed E-state index contributed by atoms with van der Waals surface area (Å²) in [5.41, 5.74) is 0. The van der Waals surface area contributed by atoms with Crippen molar-refractivity contribution >= 4 is 27.5 Å². The number of nitrogens with zero attached hydrogens (tertiary/aromatic N) is 1. The molecule has 1 aromatic heterocycles. The minimum absolute atomic E-state index is 0.571. The molecule has 0 radical (unpaired) electrons. The highest BCUT2D eigenvalue weighted by atomic mass is 79.9. The highest BCUT2D eigenvalue weighted by Gasteiger charge is 2.03. The summed E-state index contributed by atoms with van der Waals surface area (Å²) in [6.07, 6.45) is 3.22. The van der Waals surface area contributed by atoms with E-state index in [4.69, 9.17) is 16.3 Å². The summed E-state index contributed by atoms with van der Waals surface area (Å²) < 4.78 is 5.95. The first-order valence-corrected chi connectivity index (χ1v) is 4.34. The maximum Gasteiger partial charge on any atom is 0.157 e. The van der Waals surface area contributed by atoms with Crippen LogP contribution >= 0.6 is 27.5 Å². The van der Waals surface area contributed by atoms with Crippen LogP contribution in [0.4, 0.5) is 0 Å². The van der Waals surface area contributed by atoms with Gasteiger partial charge < -0.3 is 4.74 Å². The van der Waals surface area contributed by atoms with Gasteiger partial charge in [-0.1, -0.05) is 11.6 Å². The van der Waals surface area contributed by atoms with Crippen molar-refractivity contribution in [1.29, 1.82) is 0 Å². The monoisotopic (exact) mass is 235 g/mol. The molecule has 0 unspecified atom stereocenters. The first-order valence-electron chi connectivity index (χ1n) is 3.17. The lowest BCUT2D eigenvalue weighted by Crippen LogP contribution is -1.92. The van der Waals surface area contributed by atoms with Gasteiger partial charge in [-0.25, -0.2) is 0 Å². The van der Waals surface area contributed by atoms with Gasteiger partial charge in [0.2, 0.25) is 0 Å². The van der Waals surface area contributed by atoms with Crippen LogP contribution in [0.15, 0.2) is 16.9 Å². The average Bonchev–Trinajstić information content (AvgIpc) is 1.99. The molecule has 0 fully saturated rings. The third-order valence-electron chi connectivity index (χ3n) is 1.11. The fraction of sp³-hybridized carbons (Fsp3) is 0.286. The minimum atomic E-state index is 0.571. The van der Waals surface area contributed by atoms with Gasteiger partial charge in [-0.15, -0.1) is 0 Å². The largest absolute Gasteiger partial charge is 0.491 e. The van der Waals surface area contributed by atoms with E-state index in [0.29, 0.717) is 17.4 Å². The van der Waals surface area contributed by atoms with Crippen LogP contribution in [-0.4, -0.2) is 11.6 Å². The van der Waals surface area contributed by atoms with E-state index in [1.807, 2.05) is 6.92 Å². The maximum atomic E-state index is 5.86. The summed E-state index contributed by atoms with van der Waals surface area (Å²) in [5.74, 6) is 0.614. The van der Waals surface area contributed by atoms with Crippen molar-refractivity contribution in [2.24, 2.45) is 0 Å². The minimum Gasteiger partial charge on any atom is -0.491 e. The second-order valence-corrected chi connectivity index (χ2v) is 3.10. The van der Waals surface area contributed by atoms with Gasteiger partial charge in [-0.2, -0.15) is 0 Å². The molecule has 0 saturated carbocycles. The van der Waals surface area contributed by atoms with Gasteiger partial charge in [0.15, 0.2) is 5.75 Å². The van der Waals surface area contributed by atoms with Gasteiger partial charge >= 0.3 is 0 Å². The molecule has 0 spiro atoms. The lowest BCUT2D eigenvalue weighted by Gasteiger charge is -2.04. The summed E-state index contributed by atoms with van der Waals surface area (Å²) >= 11 is 9.10. The van der Waals surface area contributed by atoms with Crippen LogP contribution in [-0.2, 0) is 0 Å². The van der Waals surface area contributed by atoms with E-state index in [2.05, 4.69) is 20.9 Å². The molecule has 0 amide bonds. The molecule has 0 saturated heterocycles. The highest BCUT2D eigenvalue weighted by molar-refractivity contribution is 9.10. The van der Waals surface area contributed by atoms with Crippen LogP contribution in [0.3, 0.4) is 0 Å². The smallest absolute Gasteiger partial charge is 0.157 e. The van der Waals surface area contributed by atoms with Crippen LogP contribution in [0.5, 0.6) is 5.75 Å². The summed E-state index contributed by atoms with van der Waals surface area (Å²) in [4.78, 5) is 3.91. The Morgan fingerprint density at radius 3 is 3.00 bits per heavy atom. The van der Waals surface area contributed by atoms with E-state index in [1.165, 1.54) is 0 Å². The van der Waals surface area contributed by atoms with Crippen LogP contribution in [0.1, 0.15) is 6.92 Å². The molecule has 0 bridgehead atoms. The summed E-state index contributed by atoms with van der Waals surface area (Å²) in [6, 6.07) is 0. The van der Waals surface area contributed by atoms with Crippen molar-refractivity contribution in [3.63, 3.8) is 0 Å².